The first-order valence-corrected chi connectivity index (χ1v) is 8.39. The van der Waals surface area contributed by atoms with Crippen LogP contribution in [-0.2, 0) is 16.2 Å². The number of non-ortho nitro benzene ring substituents is 1. The van der Waals surface area contributed by atoms with E-state index in [4.69, 9.17) is 0 Å². The third-order valence-corrected chi connectivity index (χ3v) is 4.75. The van der Waals surface area contributed by atoms with Gasteiger partial charge in [-0.05, 0) is 30.3 Å². The van der Waals surface area contributed by atoms with Gasteiger partial charge in [-0.15, -0.1) is 0 Å². The fourth-order valence-corrected chi connectivity index (χ4v) is 3.13. The van der Waals surface area contributed by atoms with E-state index < -0.39 is 26.7 Å². The maximum atomic E-state index is 12.7. The summed E-state index contributed by atoms with van der Waals surface area (Å²) in [6.07, 6.45) is -4.54. The molecule has 0 aliphatic heterocycles. The van der Waals surface area contributed by atoms with E-state index in [-0.39, 0.29) is 27.6 Å². The van der Waals surface area contributed by atoms with Crippen LogP contribution < -0.4 is 4.72 Å². The van der Waals surface area contributed by atoms with E-state index in [1.165, 1.54) is 0 Å². The van der Waals surface area contributed by atoms with Gasteiger partial charge in [0.15, 0.2) is 0 Å². The van der Waals surface area contributed by atoms with Gasteiger partial charge in [0.2, 0.25) is 5.95 Å². The van der Waals surface area contributed by atoms with E-state index in [0.29, 0.717) is 0 Å². The van der Waals surface area contributed by atoms with Crippen LogP contribution in [0.2, 0.25) is 0 Å². The van der Waals surface area contributed by atoms with Crippen LogP contribution in [0.5, 0.6) is 0 Å². The predicted molar refractivity (Wildman–Crippen MR) is 85.0 cm³/mol. The van der Waals surface area contributed by atoms with Crippen LogP contribution in [0, 0.1) is 10.1 Å². The molecule has 0 saturated carbocycles. The molecule has 0 saturated heterocycles. The number of aromatic amines is 1. The zero-order valence-corrected chi connectivity index (χ0v) is 13.4. The summed E-state index contributed by atoms with van der Waals surface area (Å²) in [5.74, 6) is -0.280. The lowest BCUT2D eigenvalue weighted by molar-refractivity contribution is -0.384. The number of nitrogens with one attached hydrogen (secondary N) is 2. The van der Waals surface area contributed by atoms with Crippen LogP contribution in [0.15, 0.2) is 47.4 Å². The maximum absolute atomic E-state index is 12.7. The fourth-order valence-electron chi connectivity index (χ4n) is 2.17. The van der Waals surface area contributed by atoms with Gasteiger partial charge in [-0.1, -0.05) is 0 Å². The molecule has 0 atom stereocenters. The first kappa shape index (κ1) is 17.7. The lowest BCUT2D eigenvalue weighted by atomic mass is 10.2. The Labute approximate surface area is 143 Å². The molecule has 0 radical (unpaired) electrons. The van der Waals surface area contributed by atoms with Crippen molar-refractivity contribution in [3.8, 4) is 0 Å². The Morgan fingerprint density at radius 1 is 1.12 bits per heavy atom. The number of halogens is 3. The number of nitro groups is 1. The minimum atomic E-state index is -4.54. The van der Waals surface area contributed by atoms with Crippen molar-refractivity contribution in [1.82, 2.24) is 9.97 Å². The van der Waals surface area contributed by atoms with Crippen LogP contribution in [0.25, 0.3) is 11.0 Å². The van der Waals surface area contributed by atoms with Crippen molar-refractivity contribution in [2.24, 2.45) is 0 Å². The minimum Gasteiger partial charge on any atom is -0.323 e. The molecule has 1 heterocycles. The first-order valence-electron chi connectivity index (χ1n) is 6.90. The van der Waals surface area contributed by atoms with Gasteiger partial charge in [-0.25, -0.2) is 18.1 Å². The molecule has 0 aliphatic rings. The van der Waals surface area contributed by atoms with Gasteiger partial charge in [0.25, 0.3) is 15.7 Å². The molecule has 12 heteroatoms. The molecular formula is C14H9F3N4O4S. The second-order valence-corrected chi connectivity index (χ2v) is 6.85. The Morgan fingerprint density at radius 3 is 2.35 bits per heavy atom. The highest BCUT2D eigenvalue weighted by Gasteiger charge is 2.30. The number of H-pyrrole nitrogens is 1. The normalized spacial score (nSPS) is 12.3. The molecule has 136 valence electrons. The number of imidazole rings is 1. The van der Waals surface area contributed by atoms with E-state index in [1.54, 1.807) is 0 Å². The molecule has 3 aromatic rings. The number of alkyl halides is 3. The number of aromatic nitrogens is 2. The molecule has 0 spiro atoms. The summed E-state index contributed by atoms with van der Waals surface area (Å²) in [7, 11) is -4.13. The van der Waals surface area contributed by atoms with E-state index in [9.17, 15) is 31.7 Å². The third-order valence-electron chi connectivity index (χ3n) is 3.40. The second-order valence-electron chi connectivity index (χ2n) is 5.17. The number of fused-ring (bicyclic) bond motifs is 1. The van der Waals surface area contributed by atoms with Crippen molar-refractivity contribution in [2.45, 2.75) is 11.1 Å². The summed E-state index contributed by atoms with van der Waals surface area (Å²) in [5, 5.41) is 10.6. The SMILES string of the molecule is O=[N+]([O-])c1ccc(S(=O)(=O)Nc2nc3ccc(C(F)(F)F)cc3[nH]2)cc1. The minimum absolute atomic E-state index is 0.00113. The van der Waals surface area contributed by atoms with Crippen LogP contribution in [-0.4, -0.2) is 23.3 Å². The van der Waals surface area contributed by atoms with Gasteiger partial charge in [0, 0.05) is 12.1 Å². The highest BCUT2D eigenvalue weighted by atomic mass is 32.2. The van der Waals surface area contributed by atoms with E-state index in [0.717, 1.165) is 42.5 Å². The molecular weight excluding hydrogens is 377 g/mol. The smallest absolute Gasteiger partial charge is 0.323 e. The van der Waals surface area contributed by atoms with E-state index >= 15 is 0 Å². The Hall–Kier alpha value is -3.15. The Bertz CT molecular complexity index is 1090. The topological polar surface area (TPSA) is 118 Å². The van der Waals surface area contributed by atoms with Crippen molar-refractivity contribution in [3.05, 3.63) is 58.1 Å². The summed E-state index contributed by atoms with van der Waals surface area (Å²) in [6, 6.07) is 6.85. The number of benzene rings is 2. The summed E-state index contributed by atoms with van der Waals surface area (Å²) >= 11 is 0. The van der Waals surface area contributed by atoms with Crippen molar-refractivity contribution in [3.63, 3.8) is 0 Å². The van der Waals surface area contributed by atoms with Crippen LogP contribution in [0.3, 0.4) is 0 Å². The van der Waals surface area contributed by atoms with Crippen molar-refractivity contribution < 1.29 is 26.5 Å². The van der Waals surface area contributed by atoms with Gasteiger partial charge < -0.3 is 4.98 Å². The average Bonchev–Trinajstić information content (AvgIpc) is 2.94. The lowest BCUT2D eigenvalue weighted by Crippen LogP contribution is -2.13. The monoisotopic (exact) mass is 386 g/mol. The number of nitrogens with zero attached hydrogens (tertiary/aromatic N) is 2. The molecule has 26 heavy (non-hydrogen) atoms. The molecule has 0 unspecified atom stereocenters. The number of anilines is 1. The molecule has 1 aromatic heterocycles. The van der Waals surface area contributed by atoms with Crippen molar-refractivity contribution in [2.75, 3.05) is 4.72 Å². The predicted octanol–water partition coefficient (Wildman–Crippen LogP) is 3.29. The quantitative estimate of drug-likeness (QED) is 0.527. The summed E-state index contributed by atoms with van der Waals surface area (Å²) < 4.78 is 64.7. The van der Waals surface area contributed by atoms with Crippen LogP contribution >= 0.6 is 0 Å². The van der Waals surface area contributed by atoms with Gasteiger partial charge in [0.1, 0.15) is 0 Å². The van der Waals surface area contributed by atoms with Crippen LogP contribution in [0.4, 0.5) is 24.8 Å². The zero-order valence-electron chi connectivity index (χ0n) is 12.6. The Kier molecular flexibility index (Phi) is 4.06. The average molecular weight is 386 g/mol. The zero-order chi connectivity index (χ0) is 19.1. The number of nitro benzene ring substituents is 1. The number of hydrogen-bond donors (Lipinski definition) is 2. The second kappa shape index (κ2) is 5.98. The largest absolute Gasteiger partial charge is 0.416 e. The molecule has 2 aromatic carbocycles. The van der Waals surface area contributed by atoms with Gasteiger partial charge >= 0.3 is 6.18 Å². The molecule has 3 rings (SSSR count). The number of rotatable bonds is 4. The van der Waals surface area contributed by atoms with E-state index in [2.05, 4.69) is 14.7 Å². The number of sulfonamides is 1. The summed E-state index contributed by atoms with van der Waals surface area (Å²) in [4.78, 5) is 16.0. The summed E-state index contributed by atoms with van der Waals surface area (Å²) in [5.41, 5.74) is -1.05. The molecule has 2 N–H and O–H groups in total. The highest BCUT2D eigenvalue weighted by Crippen LogP contribution is 2.31. The van der Waals surface area contributed by atoms with Gasteiger partial charge in [-0.3, -0.25) is 10.1 Å². The summed E-state index contributed by atoms with van der Waals surface area (Å²) in [6.45, 7) is 0. The fraction of sp³-hybridized carbons (Fsp3) is 0.0714. The first-order chi connectivity index (χ1) is 12.1. The van der Waals surface area contributed by atoms with E-state index in [1.807, 2.05) is 0 Å². The van der Waals surface area contributed by atoms with Gasteiger partial charge in [0.05, 0.1) is 26.4 Å². The van der Waals surface area contributed by atoms with Crippen molar-refractivity contribution in [1.29, 1.82) is 0 Å². The third kappa shape index (κ3) is 3.44. The number of hydrogen-bond acceptors (Lipinski definition) is 5. The molecule has 0 aliphatic carbocycles. The Balaban J connectivity index is 1.90. The maximum Gasteiger partial charge on any atom is 0.416 e. The Morgan fingerprint density at radius 2 is 1.77 bits per heavy atom. The lowest BCUT2D eigenvalue weighted by Gasteiger charge is -2.05. The highest BCUT2D eigenvalue weighted by molar-refractivity contribution is 7.92. The molecule has 0 bridgehead atoms. The molecule has 0 fully saturated rings. The van der Waals surface area contributed by atoms with Crippen LogP contribution in [0.1, 0.15) is 5.56 Å². The molecule has 8 nitrogen and oxygen atoms in total. The van der Waals surface area contributed by atoms with Crippen molar-refractivity contribution >= 4 is 32.7 Å². The molecule has 0 amide bonds. The van der Waals surface area contributed by atoms with Gasteiger partial charge in [-0.2, -0.15) is 13.2 Å². The standard InChI is InChI=1S/C14H9F3N4O4S/c15-14(16,17)8-1-6-11-12(7-8)19-13(18-11)20-26(24,25)10-4-2-9(3-5-10)21(22)23/h1-7H,(H2,18,19,20).